The van der Waals surface area contributed by atoms with Gasteiger partial charge < -0.3 is 24.9 Å². The molecule has 2 unspecified atom stereocenters. The number of benzene rings is 5. The molecule has 3 aliphatic rings. The lowest BCUT2D eigenvalue weighted by molar-refractivity contribution is -0.154. The number of H-pyrrole nitrogens is 1. The van der Waals surface area contributed by atoms with Gasteiger partial charge in [0.15, 0.2) is 17.0 Å². The number of esters is 1. The number of hydrogen-bond donors (Lipinski definition) is 5. The fourth-order valence-corrected chi connectivity index (χ4v) is 11.6. The molecule has 2 atom stereocenters. The van der Waals surface area contributed by atoms with Crippen LogP contribution in [0.2, 0.25) is 0 Å². The van der Waals surface area contributed by atoms with E-state index in [2.05, 4.69) is 36.8 Å². The highest BCUT2D eigenvalue weighted by Crippen LogP contribution is 2.43. The van der Waals surface area contributed by atoms with Crippen LogP contribution in [-0.2, 0) is 40.8 Å². The smallest absolute Gasteiger partial charge is 0.407 e. The molecule has 9 rings (SSSR count). The third-order valence-electron chi connectivity index (χ3n) is 12.3. The quantitative estimate of drug-likeness (QED) is 0.00816. The summed E-state index contributed by atoms with van der Waals surface area (Å²) in [5.74, 6) is -1.94. The van der Waals surface area contributed by atoms with Crippen molar-refractivity contribution in [3.05, 3.63) is 234 Å². The Labute approximate surface area is 461 Å². The summed E-state index contributed by atoms with van der Waals surface area (Å²) in [6.45, 7) is 4.97. The summed E-state index contributed by atoms with van der Waals surface area (Å²) in [4.78, 5) is 88.1. The summed E-state index contributed by atoms with van der Waals surface area (Å²) in [6.07, 6.45) is 0.0301. The van der Waals surface area contributed by atoms with Crippen molar-refractivity contribution in [1.82, 2.24) is 45.7 Å². The minimum atomic E-state index is -1.11. The van der Waals surface area contributed by atoms with Crippen LogP contribution in [0.15, 0.2) is 205 Å². The fourth-order valence-electron chi connectivity index (χ4n) is 8.83. The van der Waals surface area contributed by atoms with Gasteiger partial charge in [-0.05, 0) is 77.6 Å². The van der Waals surface area contributed by atoms with E-state index in [0.29, 0.717) is 16.7 Å². The van der Waals surface area contributed by atoms with E-state index in [-0.39, 0.29) is 41.1 Å². The van der Waals surface area contributed by atoms with Gasteiger partial charge in [0, 0.05) is 24.3 Å². The summed E-state index contributed by atoms with van der Waals surface area (Å²) in [6, 6.07) is 47.3. The Bertz CT molecular complexity index is 3260. The minimum absolute atomic E-state index is 0.0564. The molecular weight excluding hydrogens is 1050 g/mol. The number of oxime groups is 1. The molecule has 78 heavy (non-hydrogen) atoms. The molecule has 3 amide bonds. The number of aromatic amines is 1. The summed E-state index contributed by atoms with van der Waals surface area (Å²) < 4.78 is 14.4. The van der Waals surface area contributed by atoms with E-state index >= 15 is 0 Å². The first-order valence-electron chi connectivity index (χ1n) is 24.5. The maximum atomic E-state index is 14.8. The van der Waals surface area contributed by atoms with Crippen molar-refractivity contribution in [3.8, 4) is 0 Å². The number of amides is 3. The summed E-state index contributed by atoms with van der Waals surface area (Å²) >= 11 is 3.50. The third-order valence-corrected chi connectivity index (χ3v) is 15.1. The van der Waals surface area contributed by atoms with E-state index in [1.165, 1.54) is 35.7 Å². The van der Waals surface area contributed by atoms with E-state index in [0.717, 1.165) is 33.0 Å². The normalized spacial score (nSPS) is 16.7. The SMILES string of the molecule is CO/N=C(/C(=O)NC1C(=O)N2C(C(=O)OC(c3ccccc3)c3ccccc3)=C(/C=C/Sc3n[nH]c(=O)c(=O)n3CCNC(=O)OC(C)(C)C)CSC12)C1=CSN(NC(c2ccccc2)(c2ccccc2)c2ccccc2)N1. The van der Waals surface area contributed by atoms with E-state index < -0.39 is 63.7 Å². The largest absolute Gasteiger partial charge is 0.448 e. The molecule has 0 aliphatic carbocycles. The van der Waals surface area contributed by atoms with Gasteiger partial charge in [-0.1, -0.05) is 173 Å². The molecule has 5 aromatic carbocycles. The topological polar surface area (TPSA) is 231 Å². The second-order valence-corrected chi connectivity index (χ2v) is 21.4. The Kier molecular flexibility index (Phi) is 17.1. The number of aromatic nitrogens is 3. The number of carbonyl (C=O) groups is 4. The molecule has 19 nitrogen and oxygen atoms in total. The zero-order valence-corrected chi connectivity index (χ0v) is 45.1. The van der Waals surface area contributed by atoms with Gasteiger partial charge in [-0.25, -0.2) is 20.1 Å². The van der Waals surface area contributed by atoms with Gasteiger partial charge in [0.25, 0.3) is 11.8 Å². The number of fused-ring (bicyclic) bond motifs is 1. The average molecular weight is 1110 g/mol. The van der Waals surface area contributed by atoms with Crippen molar-refractivity contribution in [2.24, 2.45) is 5.16 Å². The highest BCUT2D eigenvalue weighted by Gasteiger charge is 2.55. The second-order valence-electron chi connectivity index (χ2n) is 18.6. The second kappa shape index (κ2) is 24.5. The van der Waals surface area contributed by atoms with Gasteiger partial charge in [-0.3, -0.25) is 34.1 Å². The highest BCUT2D eigenvalue weighted by molar-refractivity contribution is 8.02. The van der Waals surface area contributed by atoms with Crippen LogP contribution in [0, 0.1) is 0 Å². The molecule has 3 aliphatic heterocycles. The van der Waals surface area contributed by atoms with E-state index in [1.54, 1.807) is 42.2 Å². The molecule has 4 heterocycles. The zero-order chi connectivity index (χ0) is 54.8. The average Bonchev–Trinajstić information content (AvgIpc) is 3.99. The van der Waals surface area contributed by atoms with Crippen LogP contribution >= 0.6 is 35.5 Å². The van der Waals surface area contributed by atoms with Gasteiger partial charge >= 0.3 is 23.2 Å². The van der Waals surface area contributed by atoms with E-state index in [1.807, 2.05) is 152 Å². The van der Waals surface area contributed by atoms with Crippen molar-refractivity contribution >= 4 is 65.1 Å². The molecule has 5 N–H and O–H groups in total. The van der Waals surface area contributed by atoms with Crippen molar-refractivity contribution in [2.45, 2.75) is 61.1 Å². The number of carbonyl (C=O) groups excluding carboxylic acids is 4. The Morgan fingerprint density at radius 2 is 1.40 bits per heavy atom. The number of thioether (sulfide) groups is 2. The summed E-state index contributed by atoms with van der Waals surface area (Å²) in [5, 5.41) is 18.4. The van der Waals surface area contributed by atoms with Crippen molar-refractivity contribution in [3.63, 3.8) is 0 Å². The number of allylic oxidation sites excluding steroid dienone is 1. The lowest BCUT2D eigenvalue weighted by Crippen LogP contribution is -2.71. The number of nitrogens with zero attached hydrogens (tertiary/aromatic N) is 5. The number of nitrogens with one attached hydrogen (secondary N) is 5. The molecule has 0 bridgehead atoms. The Morgan fingerprint density at radius 1 is 0.833 bits per heavy atom. The number of ether oxygens (including phenoxy) is 2. The molecule has 1 aromatic heterocycles. The third kappa shape index (κ3) is 12.2. The molecule has 1 fully saturated rings. The Morgan fingerprint density at radius 3 is 1.95 bits per heavy atom. The molecule has 400 valence electrons. The van der Waals surface area contributed by atoms with Crippen LogP contribution in [0.5, 0.6) is 0 Å². The fraction of sp³-hybridized carbons (Fsp3) is 0.214. The van der Waals surface area contributed by atoms with Crippen molar-refractivity contribution in [1.29, 1.82) is 0 Å². The molecule has 1 saturated heterocycles. The lowest BCUT2D eigenvalue weighted by Gasteiger charge is -2.49. The van der Waals surface area contributed by atoms with Crippen molar-refractivity contribution in [2.75, 3.05) is 19.4 Å². The standard InChI is InChI=1S/C56H54N10O9S3/c1-55(2,3)75-54(72)57-31-32-64-50(70)48(68)59-60-53(64)76-33-30-38-34-77-51-44(49(69)65(51)45(38)52(71)74-46(36-20-10-5-11-21-36)37-22-12-6-13-23-37)58-47(67)43(62-73-4)42-35-78-66(61-42)63-56(39-24-14-7-15-25-39,40-26-16-8-17-27-40)41-28-18-9-19-29-41/h5-30,33,35,44,46,51,61,63H,31-32,34H2,1-4H3,(H,57,72)(H,58,67)(H,59,68)/b33-30+,62-43+. The van der Waals surface area contributed by atoms with Crippen LogP contribution in [0.3, 0.4) is 0 Å². The maximum absolute atomic E-state index is 14.8. The van der Waals surface area contributed by atoms with Crippen LogP contribution in [-0.4, -0.2) is 90.2 Å². The zero-order valence-electron chi connectivity index (χ0n) is 42.7. The predicted molar refractivity (Wildman–Crippen MR) is 299 cm³/mol. The van der Waals surface area contributed by atoms with Crippen LogP contribution in [0.25, 0.3) is 0 Å². The monoisotopic (exact) mass is 1110 g/mol. The first kappa shape index (κ1) is 54.6. The Balaban J connectivity index is 0.963. The lowest BCUT2D eigenvalue weighted by atomic mass is 9.77. The number of alkyl carbamates (subject to hydrolysis) is 1. The van der Waals surface area contributed by atoms with E-state index in [9.17, 15) is 28.8 Å². The summed E-state index contributed by atoms with van der Waals surface area (Å²) in [7, 11) is 1.31. The first-order chi connectivity index (χ1) is 37.8. The van der Waals surface area contributed by atoms with Crippen molar-refractivity contribution < 1.29 is 33.5 Å². The van der Waals surface area contributed by atoms with Crippen LogP contribution in [0.4, 0.5) is 4.79 Å². The van der Waals surface area contributed by atoms with Crippen LogP contribution in [0.1, 0.15) is 54.7 Å². The van der Waals surface area contributed by atoms with Gasteiger partial charge in [0.05, 0.1) is 5.70 Å². The number of hydrazine groups is 2. The highest BCUT2D eigenvalue weighted by atomic mass is 32.2. The predicted octanol–water partition coefficient (Wildman–Crippen LogP) is 6.86. The number of β-lactam (4-membered cyclic amide) rings is 1. The molecule has 0 saturated carbocycles. The number of hydrogen-bond acceptors (Lipinski definition) is 17. The molecule has 6 aromatic rings. The summed E-state index contributed by atoms with van der Waals surface area (Å²) in [5.41, 5.74) is 8.10. The Hall–Kier alpha value is -8.15. The first-order valence-corrected chi connectivity index (χ1v) is 27.3. The molecule has 22 heteroatoms. The number of rotatable bonds is 19. The van der Waals surface area contributed by atoms with Crippen LogP contribution < -0.4 is 32.6 Å². The van der Waals surface area contributed by atoms with Gasteiger partial charge in [-0.2, -0.15) is 0 Å². The maximum Gasteiger partial charge on any atom is 0.407 e. The molecular formula is C56H54N10O9S3. The van der Waals surface area contributed by atoms with Gasteiger partial charge in [0.1, 0.15) is 35.4 Å². The molecule has 0 spiro atoms. The molecule has 0 radical (unpaired) electrons. The minimum Gasteiger partial charge on any atom is -0.448 e. The van der Waals surface area contributed by atoms with Gasteiger partial charge in [0.2, 0.25) is 0 Å². The van der Waals surface area contributed by atoms with Gasteiger partial charge in [-0.15, -0.1) is 16.9 Å². The van der Waals surface area contributed by atoms with E-state index in [4.69, 9.17) is 14.3 Å².